The van der Waals surface area contributed by atoms with Crippen LogP contribution in [0.15, 0.2) is 30.3 Å². The zero-order valence-corrected chi connectivity index (χ0v) is 12.6. The summed E-state index contributed by atoms with van der Waals surface area (Å²) in [5, 5.41) is 3.02. The van der Waals surface area contributed by atoms with Gasteiger partial charge in [0.25, 0.3) is 0 Å². The summed E-state index contributed by atoms with van der Waals surface area (Å²) in [6.45, 7) is 0.282. The molecule has 4 bridgehead atoms. The summed E-state index contributed by atoms with van der Waals surface area (Å²) in [5.74, 6) is 1.11. The van der Waals surface area contributed by atoms with Gasteiger partial charge in [-0.3, -0.25) is 0 Å². The van der Waals surface area contributed by atoms with Gasteiger partial charge in [0.05, 0.1) is 0 Å². The van der Waals surface area contributed by atoms with Gasteiger partial charge in [-0.1, -0.05) is 30.3 Å². The van der Waals surface area contributed by atoms with Gasteiger partial charge in [-0.05, 0) is 55.4 Å². The molecule has 5 atom stereocenters. The standard InChI is InChI=1S/C18H22FNO2/c19-18-8-13-6-14(9-18)16(15(7-13)10-18)20-17(21)22-11-12-4-2-1-3-5-12/h1-5,13-16H,6-11H2,(H,20,21)/t13?,14-,15+,16-,18-. The molecule has 3 nitrogen and oxygen atoms in total. The topological polar surface area (TPSA) is 38.3 Å². The molecule has 4 fully saturated rings. The molecule has 5 rings (SSSR count). The molecule has 0 saturated heterocycles. The highest BCUT2D eigenvalue weighted by atomic mass is 19.1. The first kappa shape index (κ1) is 14.0. The van der Waals surface area contributed by atoms with E-state index in [0.29, 0.717) is 30.6 Å². The van der Waals surface area contributed by atoms with Crippen LogP contribution in [0.25, 0.3) is 0 Å². The Bertz CT molecular complexity index is 545. The second kappa shape index (κ2) is 5.25. The van der Waals surface area contributed by atoms with Gasteiger partial charge < -0.3 is 10.1 Å². The summed E-state index contributed by atoms with van der Waals surface area (Å²) >= 11 is 0. The predicted octanol–water partition coefficient (Wildman–Crippen LogP) is 3.83. The third-order valence-corrected chi connectivity index (χ3v) is 5.70. The van der Waals surface area contributed by atoms with Crippen LogP contribution in [0.3, 0.4) is 0 Å². The van der Waals surface area contributed by atoms with Crippen LogP contribution in [-0.4, -0.2) is 17.8 Å². The molecule has 1 unspecified atom stereocenters. The maximum atomic E-state index is 14.6. The molecule has 4 heteroatoms. The van der Waals surface area contributed by atoms with Crippen LogP contribution in [0, 0.1) is 17.8 Å². The van der Waals surface area contributed by atoms with E-state index in [1.807, 2.05) is 30.3 Å². The van der Waals surface area contributed by atoms with Gasteiger partial charge in [0.15, 0.2) is 0 Å². The number of ether oxygens (including phenoxy) is 1. The minimum atomic E-state index is -0.956. The highest BCUT2D eigenvalue weighted by molar-refractivity contribution is 5.67. The lowest BCUT2D eigenvalue weighted by atomic mass is 9.53. The van der Waals surface area contributed by atoms with E-state index in [-0.39, 0.29) is 18.7 Å². The fourth-order valence-corrected chi connectivity index (χ4v) is 5.06. The van der Waals surface area contributed by atoms with Crippen molar-refractivity contribution in [3.05, 3.63) is 35.9 Å². The van der Waals surface area contributed by atoms with Gasteiger partial charge in [0.1, 0.15) is 12.3 Å². The Balaban J connectivity index is 1.35. The molecule has 0 aromatic heterocycles. The minimum Gasteiger partial charge on any atom is -0.445 e. The highest BCUT2D eigenvalue weighted by Gasteiger charge is 2.56. The molecule has 4 saturated carbocycles. The van der Waals surface area contributed by atoms with Crippen molar-refractivity contribution >= 4 is 6.09 Å². The Morgan fingerprint density at radius 1 is 1.18 bits per heavy atom. The number of carbonyl (C=O) groups excluding carboxylic acids is 1. The zero-order chi connectivity index (χ0) is 15.2. The van der Waals surface area contributed by atoms with Gasteiger partial charge in [-0.25, -0.2) is 9.18 Å². The number of carbonyl (C=O) groups is 1. The van der Waals surface area contributed by atoms with E-state index in [2.05, 4.69) is 5.32 Å². The SMILES string of the molecule is O=C(N[C@@H]1[C@@H]2CC3C[C@H]1C[C@@](F)(C3)C2)OCc1ccccc1. The minimum absolute atomic E-state index is 0.101. The van der Waals surface area contributed by atoms with Crippen LogP contribution in [0.1, 0.15) is 37.7 Å². The van der Waals surface area contributed by atoms with E-state index < -0.39 is 5.67 Å². The van der Waals surface area contributed by atoms with E-state index in [0.717, 1.165) is 24.8 Å². The van der Waals surface area contributed by atoms with E-state index in [4.69, 9.17) is 4.74 Å². The highest BCUT2D eigenvalue weighted by Crippen LogP contribution is 2.57. The summed E-state index contributed by atoms with van der Waals surface area (Å²) < 4.78 is 19.9. The molecule has 22 heavy (non-hydrogen) atoms. The van der Waals surface area contributed by atoms with E-state index >= 15 is 0 Å². The molecule has 1 N–H and O–H groups in total. The number of hydrogen-bond donors (Lipinski definition) is 1. The number of benzene rings is 1. The van der Waals surface area contributed by atoms with E-state index in [1.165, 1.54) is 0 Å². The maximum absolute atomic E-state index is 14.6. The van der Waals surface area contributed by atoms with Crippen LogP contribution in [0.2, 0.25) is 0 Å². The first-order chi connectivity index (χ1) is 10.6. The molecule has 4 aliphatic carbocycles. The monoisotopic (exact) mass is 303 g/mol. The van der Waals surface area contributed by atoms with Crippen molar-refractivity contribution in [3.63, 3.8) is 0 Å². The largest absolute Gasteiger partial charge is 0.445 e. The first-order valence-electron chi connectivity index (χ1n) is 8.27. The average molecular weight is 303 g/mol. The molecule has 1 aromatic carbocycles. The summed E-state index contributed by atoms with van der Waals surface area (Å²) in [4.78, 5) is 12.1. The Hall–Kier alpha value is -1.58. The number of alkyl halides is 1. The number of alkyl carbamates (subject to hydrolysis) is 1. The molecule has 1 amide bonds. The lowest BCUT2D eigenvalue weighted by molar-refractivity contribution is -0.0917. The van der Waals surface area contributed by atoms with Crippen LogP contribution in [0.4, 0.5) is 9.18 Å². The van der Waals surface area contributed by atoms with Gasteiger partial charge in [0, 0.05) is 6.04 Å². The smallest absolute Gasteiger partial charge is 0.407 e. The Morgan fingerprint density at radius 2 is 1.86 bits per heavy atom. The van der Waals surface area contributed by atoms with Gasteiger partial charge >= 0.3 is 6.09 Å². The predicted molar refractivity (Wildman–Crippen MR) is 80.9 cm³/mol. The molecule has 0 heterocycles. The molecule has 0 spiro atoms. The quantitative estimate of drug-likeness (QED) is 0.921. The Kier molecular flexibility index (Phi) is 3.35. The average Bonchev–Trinajstić information content (AvgIpc) is 2.48. The van der Waals surface area contributed by atoms with Gasteiger partial charge in [0.2, 0.25) is 0 Å². The van der Waals surface area contributed by atoms with Crippen molar-refractivity contribution < 1.29 is 13.9 Å². The van der Waals surface area contributed by atoms with Crippen molar-refractivity contribution in [2.24, 2.45) is 17.8 Å². The molecular formula is C18H22FNO2. The molecule has 118 valence electrons. The third-order valence-electron chi connectivity index (χ3n) is 5.70. The Labute approximate surface area is 130 Å². The summed E-state index contributed by atoms with van der Waals surface area (Å²) in [5.41, 5.74) is 0.0215. The first-order valence-corrected chi connectivity index (χ1v) is 8.27. The lowest BCUT2D eigenvalue weighted by Crippen LogP contribution is -2.60. The molecule has 0 radical (unpaired) electrons. The Morgan fingerprint density at radius 3 is 2.50 bits per heavy atom. The molecule has 1 aromatic rings. The van der Waals surface area contributed by atoms with Crippen molar-refractivity contribution in [2.75, 3.05) is 0 Å². The fraction of sp³-hybridized carbons (Fsp3) is 0.611. The van der Waals surface area contributed by atoms with Gasteiger partial charge in [-0.2, -0.15) is 0 Å². The van der Waals surface area contributed by atoms with Crippen molar-refractivity contribution in [1.82, 2.24) is 5.32 Å². The van der Waals surface area contributed by atoms with E-state index in [9.17, 15) is 9.18 Å². The normalized spacial score (nSPS) is 38.8. The van der Waals surface area contributed by atoms with E-state index in [1.54, 1.807) is 0 Å². The second-order valence-corrected chi connectivity index (χ2v) is 7.35. The maximum Gasteiger partial charge on any atom is 0.407 e. The van der Waals surface area contributed by atoms with Crippen molar-refractivity contribution in [1.29, 1.82) is 0 Å². The summed E-state index contributed by atoms with van der Waals surface area (Å²) in [7, 11) is 0. The molecule has 0 aliphatic heterocycles. The molecular weight excluding hydrogens is 281 g/mol. The summed E-state index contributed by atoms with van der Waals surface area (Å²) in [6, 6.07) is 9.75. The lowest BCUT2D eigenvalue weighted by Gasteiger charge is -2.56. The number of amides is 1. The van der Waals surface area contributed by atoms with Crippen molar-refractivity contribution in [2.45, 2.75) is 50.4 Å². The zero-order valence-electron chi connectivity index (χ0n) is 12.6. The fourth-order valence-electron chi connectivity index (χ4n) is 5.06. The number of rotatable bonds is 3. The number of nitrogens with one attached hydrogen (secondary N) is 1. The van der Waals surface area contributed by atoms with Crippen LogP contribution in [0.5, 0.6) is 0 Å². The van der Waals surface area contributed by atoms with Crippen molar-refractivity contribution in [3.8, 4) is 0 Å². The van der Waals surface area contributed by atoms with Gasteiger partial charge in [-0.15, -0.1) is 0 Å². The molecule has 4 aliphatic rings. The number of hydrogen-bond acceptors (Lipinski definition) is 2. The van der Waals surface area contributed by atoms with Crippen LogP contribution < -0.4 is 5.32 Å². The third kappa shape index (κ3) is 2.59. The summed E-state index contributed by atoms with van der Waals surface area (Å²) in [6.07, 6.45) is 3.73. The number of halogens is 1. The second-order valence-electron chi connectivity index (χ2n) is 7.35. The van der Waals surface area contributed by atoms with Crippen LogP contribution >= 0.6 is 0 Å². The van der Waals surface area contributed by atoms with Crippen LogP contribution in [-0.2, 0) is 11.3 Å².